The molecule has 0 radical (unpaired) electrons. The highest BCUT2D eigenvalue weighted by atomic mass is 32.2. The van der Waals surface area contributed by atoms with Crippen LogP contribution in [-0.2, 0) is 0 Å². The van der Waals surface area contributed by atoms with Crippen molar-refractivity contribution in [3.05, 3.63) is 0 Å². The molecule has 0 amide bonds. The van der Waals surface area contributed by atoms with Gasteiger partial charge in [0.2, 0.25) is 0 Å². The zero-order chi connectivity index (χ0) is 7.98. The van der Waals surface area contributed by atoms with E-state index in [-0.39, 0.29) is 12.1 Å². The van der Waals surface area contributed by atoms with Gasteiger partial charge in [0.05, 0.1) is 0 Å². The molecule has 0 rings (SSSR count). The van der Waals surface area contributed by atoms with Crippen molar-refractivity contribution >= 4 is 23.5 Å². The van der Waals surface area contributed by atoms with Crippen LogP contribution in [0.15, 0.2) is 0 Å². The number of hydrogen-bond donors (Lipinski definition) is 2. The summed E-state index contributed by atoms with van der Waals surface area (Å²) in [4.78, 5) is 0. The maximum absolute atomic E-state index is 5.75. The maximum Gasteiger partial charge on any atom is 0.0292 e. The van der Waals surface area contributed by atoms with Crippen LogP contribution in [0.25, 0.3) is 0 Å². The van der Waals surface area contributed by atoms with Crippen molar-refractivity contribution in [2.24, 2.45) is 11.5 Å². The van der Waals surface area contributed by atoms with Gasteiger partial charge in [-0.2, -0.15) is 23.5 Å². The van der Waals surface area contributed by atoms with Gasteiger partial charge in [-0.05, 0) is 12.5 Å². The van der Waals surface area contributed by atoms with Gasteiger partial charge >= 0.3 is 0 Å². The summed E-state index contributed by atoms with van der Waals surface area (Å²) in [5.74, 6) is 1.92. The maximum atomic E-state index is 5.75. The Labute approximate surface area is 71.5 Å². The minimum absolute atomic E-state index is 0.155. The van der Waals surface area contributed by atoms with Crippen LogP contribution in [0.4, 0.5) is 0 Å². The first-order chi connectivity index (χ1) is 4.72. The summed E-state index contributed by atoms with van der Waals surface area (Å²) >= 11 is 3.50. The van der Waals surface area contributed by atoms with Gasteiger partial charge in [0.25, 0.3) is 0 Å². The van der Waals surface area contributed by atoms with Gasteiger partial charge < -0.3 is 11.5 Å². The Hall–Kier alpha value is 0.620. The van der Waals surface area contributed by atoms with E-state index >= 15 is 0 Å². The first-order valence-electron chi connectivity index (χ1n) is 3.21. The quantitative estimate of drug-likeness (QED) is 0.642. The van der Waals surface area contributed by atoms with Gasteiger partial charge in [-0.3, -0.25) is 0 Å². The summed E-state index contributed by atoms with van der Waals surface area (Å²) in [7, 11) is 0. The second-order valence-electron chi connectivity index (χ2n) is 2.24. The lowest BCUT2D eigenvalue weighted by Crippen LogP contribution is -2.44. The largest absolute Gasteiger partial charge is 0.326 e. The molecule has 0 bridgehead atoms. The first-order valence-corrected chi connectivity index (χ1v) is 6.00. The Bertz CT molecular complexity index is 70.1. The molecule has 0 aromatic heterocycles. The normalized spacial score (nSPS) is 16.8. The predicted octanol–water partition coefficient (Wildman–Crippen LogP) is 0.367. The fraction of sp³-hybridized carbons (Fsp3) is 1.00. The summed E-state index contributed by atoms with van der Waals surface area (Å²) in [6.07, 6.45) is 4.09. The standard InChI is InChI=1S/C6H16N2S2/c1-9-3-5(7)6(8)4-10-2/h5-6H,3-4,7-8H2,1-2H3. The molecular formula is C6H16N2S2. The van der Waals surface area contributed by atoms with Crippen LogP contribution in [0.1, 0.15) is 0 Å². The van der Waals surface area contributed by atoms with E-state index < -0.39 is 0 Å². The van der Waals surface area contributed by atoms with Crippen molar-refractivity contribution in [1.29, 1.82) is 0 Å². The third-order valence-electron chi connectivity index (χ3n) is 1.27. The van der Waals surface area contributed by atoms with Crippen LogP contribution in [-0.4, -0.2) is 36.1 Å². The molecular weight excluding hydrogens is 164 g/mol. The van der Waals surface area contributed by atoms with E-state index in [1.54, 1.807) is 23.5 Å². The molecule has 4 heteroatoms. The zero-order valence-corrected chi connectivity index (χ0v) is 8.17. The van der Waals surface area contributed by atoms with Gasteiger partial charge in [0, 0.05) is 23.6 Å². The molecule has 0 heterocycles. The zero-order valence-electron chi connectivity index (χ0n) is 6.54. The molecule has 0 aliphatic heterocycles. The van der Waals surface area contributed by atoms with E-state index in [4.69, 9.17) is 11.5 Å². The van der Waals surface area contributed by atoms with Crippen molar-refractivity contribution in [2.75, 3.05) is 24.0 Å². The Morgan fingerprint density at radius 1 is 1.00 bits per heavy atom. The van der Waals surface area contributed by atoms with Crippen molar-refractivity contribution in [3.63, 3.8) is 0 Å². The van der Waals surface area contributed by atoms with Crippen molar-refractivity contribution < 1.29 is 0 Å². The Balaban J connectivity index is 3.38. The molecule has 0 aromatic carbocycles. The molecule has 62 valence electrons. The average molecular weight is 180 g/mol. The predicted molar refractivity (Wildman–Crippen MR) is 52.7 cm³/mol. The Kier molecular flexibility index (Phi) is 6.73. The van der Waals surface area contributed by atoms with E-state index in [0.717, 1.165) is 11.5 Å². The molecule has 0 saturated heterocycles. The molecule has 0 aromatic rings. The summed E-state index contributed by atoms with van der Waals surface area (Å²) in [5, 5.41) is 0. The second-order valence-corrected chi connectivity index (χ2v) is 4.06. The van der Waals surface area contributed by atoms with E-state index in [2.05, 4.69) is 0 Å². The molecule has 0 aliphatic rings. The van der Waals surface area contributed by atoms with E-state index in [0.29, 0.717) is 0 Å². The molecule has 2 nitrogen and oxygen atoms in total. The molecule has 0 saturated carbocycles. The van der Waals surface area contributed by atoms with E-state index in [9.17, 15) is 0 Å². The SMILES string of the molecule is CSCC(N)C(N)CSC. The average Bonchev–Trinajstić information content (AvgIpc) is 1.89. The van der Waals surface area contributed by atoms with Gasteiger partial charge in [0.15, 0.2) is 0 Å². The highest BCUT2D eigenvalue weighted by molar-refractivity contribution is 7.98. The molecule has 0 spiro atoms. The van der Waals surface area contributed by atoms with Crippen LogP contribution < -0.4 is 11.5 Å². The summed E-state index contributed by atoms with van der Waals surface area (Å²) in [6, 6.07) is 0.310. The smallest absolute Gasteiger partial charge is 0.0292 e. The fourth-order valence-electron chi connectivity index (χ4n) is 0.632. The molecule has 2 atom stereocenters. The Morgan fingerprint density at radius 3 is 1.50 bits per heavy atom. The molecule has 0 fully saturated rings. The highest BCUT2D eigenvalue weighted by Crippen LogP contribution is 2.02. The van der Waals surface area contributed by atoms with Crippen LogP contribution in [0.2, 0.25) is 0 Å². The first kappa shape index (κ1) is 10.6. The monoisotopic (exact) mass is 180 g/mol. The minimum atomic E-state index is 0.155. The number of hydrogen-bond acceptors (Lipinski definition) is 4. The molecule has 2 unspecified atom stereocenters. The minimum Gasteiger partial charge on any atom is -0.326 e. The lowest BCUT2D eigenvalue weighted by atomic mass is 10.2. The molecule has 4 N–H and O–H groups in total. The third kappa shape index (κ3) is 4.44. The lowest BCUT2D eigenvalue weighted by Gasteiger charge is -2.17. The van der Waals surface area contributed by atoms with Crippen molar-refractivity contribution in [3.8, 4) is 0 Å². The lowest BCUT2D eigenvalue weighted by molar-refractivity contribution is 0.619. The van der Waals surface area contributed by atoms with Crippen LogP contribution in [0.3, 0.4) is 0 Å². The summed E-state index contributed by atoms with van der Waals surface area (Å²) in [5.41, 5.74) is 11.5. The number of rotatable bonds is 5. The topological polar surface area (TPSA) is 52.0 Å². The van der Waals surface area contributed by atoms with Gasteiger partial charge in [0.1, 0.15) is 0 Å². The summed E-state index contributed by atoms with van der Waals surface area (Å²) < 4.78 is 0. The van der Waals surface area contributed by atoms with Crippen LogP contribution in [0, 0.1) is 0 Å². The highest BCUT2D eigenvalue weighted by Gasteiger charge is 2.10. The van der Waals surface area contributed by atoms with Crippen molar-refractivity contribution in [1.82, 2.24) is 0 Å². The third-order valence-corrected chi connectivity index (χ3v) is 2.70. The number of thioether (sulfide) groups is 2. The number of nitrogens with two attached hydrogens (primary N) is 2. The molecule has 0 aliphatic carbocycles. The van der Waals surface area contributed by atoms with E-state index in [1.165, 1.54) is 0 Å². The fourth-order valence-corrected chi connectivity index (χ4v) is 1.90. The summed E-state index contributed by atoms with van der Waals surface area (Å²) in [6.45, 7) is 0. The van der Waals surface area contributed by atoms with Crippen LogP contribution in [0.5, 0.6) is 0 Å². The molecule has 10 heavy (non-hydrogen) atoms. The van der Waals surface area contributed by atoms with Crippen LogP contribution >= 0.6 is 23.5 Å². The van der Waals surface area contributed by atoms with Gasteiger partial charge in [-0.15, -0.1) is 0 Å². The van der Waals surface area contributed by atoms with Crippen molar-refractivity contribution in [2.45, 2.75) is 12.1 Å². The van der Waals surface area contributed by atoms with Gasteiger partial charge in [-0.1, -0.05) is 0 Å². The van der Waals surface area contributed by atoms with E-state index in [1.807, 2.05) is 12.5 Å². The Morgan fingerprint density at radius 2 is 1.30 bits per heavy atom. The van der Waals surface area contributed by atoms with Gasteiger partial charge in [-0.25, -0.2) is 0 Å². The second kappa shape index (κ2) is 6.34.